The van der Waals surface area contributed by atoms with Crippen molar-refractivity contribution in [2.75, 3.05) is 20.3 Å². The molecule has 1 aromatic heterocycles. The maximum absolute atomic E-state index is 12.4. The molecule has 1 heterocycles. The van der Waals surface area contributed by atoms with Crippen molar-refractivity contribution in [2.45, 2.75) is 6.92 Å². The van der Waals surface area contributed by atoms with Gasteiger partial charge in [-0.3, -0.25) is 14.9 Å². The number of esters is 1. The predicted molar refractivity (Wildman–Crippen MR) is 109 cm³/mol. The number of nitrogens with zero attached hydrogens (tertiary/aromatic N) is 3. The molecular formula is C21H19N3O7. The molecule has 10 nitrogen and oxygen atoms in total. The number of ketones is 1. The molecule has 0 spiro atoms. The fraction of sp³-hybridized carbons (Fsp3) is 0.190. The van der Waals surface area contributed by atoms with Gasteiger partial charge in [0.25, 0.3) is 5.69 Å². The van der Waals surface area contributed by atoms with Crippen molar-refractivity contribution in [3.05, 3.63) is 76.1 Å². The zero-order valence-corrected chi connectivity index (χ0v) is 16.8. The van der Waals surface area contributed by atoms with Gasteiger partial charge in [0.05, 0.1) is 30.5 Å². The Hall–Kier alpha value is -4.21. The number of ether oxygens (including phenoxy) is 3. The van der Waals surface area contributed by atoms with Crippen molar-refractivity contribution in [1.82, 2.24) is 9.78 Å². The van der Waals surface area contributed by atoms with E-state index in [1.165, 1.54) is 42.3 Å². The van der Waals surface area contributed by atoms with E-state index in [4.69, 9.17) is 14.2 Å². The molecule has 3 aromatic rings. The first-order valence-corrected chi connectivity index (χ1v) is 9.24. The maximum Gasteiger partial charge on any atom is 0.362 e. The van der Waals surface area contributed by atoms with Gasteiger partial charge in [0.15, 0.2) is 18.1 Å². The summed E-state index contributed by atoms with van der Waals surface area (Å²) < 4.78 is 17.0. The molecular weight excluding hydrogens is 406 g/mol. The van der Waals surface area contributed by atoms with Crippen LogP contribution in [-0.4, -0.2) is 46.8 Å². The number of carbonyl (C=O) groups is 2. The monoisotopic (exact) mass is 425 g/mol. The second-order valence-corrected chi connectivity index (χ2v) is 6.22. The number of nitro groups is 1. The van der Waals surface area contributed by atoms with Crippen LogP contribution in [0.2, 0.25) is 0 Å². The van der Waals surface area contributed by atoms with Crippen LogP contribution in [0.4, 0.5) is 5.69 Å². The van der Waals surface area contributed by atoms with E-state index in [9.17, 15) is 19.7 Å². The van der Waals surface area contributed by atoms with Gasteiger partial charge in [0.2, 0.25) is 5.69 Å². The van der Waals surface area contributed by atoms with Gasteiger partial charge in [-0.05, 0) is 43.3 Å². The van der Waals surface area contributed by atoms with Crippen molar-refractivity contribution in [3.63, 3.8) is 0 Å². The zero-order valence-electron chi connectivity index (χ0n) is 16.8. The van der Waals surface area contributed by atoms with Crippen molar-refractivity contribution >= 4 is 17.4 Å². The second-order valence-electron chi connectivity index (χ2n) is 6.22. The Balaban J connectivity index is 1.82. The highest BCUT2D eigenvalue weighted by molar-refractivity contribution is 5.97. The van der Waals surface area contributed by atoms with Crippen molar-refractivity contribution < 1.29 is 28.7 Å². The lowest BCUT2D eigenvalue weighted by Crippen LogP contribution is -2.14. The minimum atomic E-state index is -0.713. The van der Waals surface area contributed by atoms with Gasteiger partial charge in [-0.15, -0.1) is 0 Å². The largest absolute Gasteiger partial charge is 0.497 e. The number of hydrogen-bond donors (Lipinski definition) is 0. The molecule has 0 bridgehead atoms. The number of Topliss-reactive ketones (excluding diaryl/α,β-unsaturated/α-hetero) is 1. The summed E-state index contributed by atoms with van der Waals surface area (Å²) in [5.74, 6) is -0.347. The van der Waals surface area contributed by atoms with Crippen LogP contribution < -0.4 is 9.47 Å². The molecule has 0 aliphatic carbocycles. The summed E-state index contributed by atoms with van der Waals surface area (Å²) >= 11 is 0. The molecule has 160 valence electrons. The fourth-order valence-corrected chi connectivity index (χ4v) is 2.67. The van der Waals surface area contributed by atoms with Crippen LogP contribution in [0.25, 0.3) is 5.69 Å². The van der Waals surface area contributed by atoms with E-state index in [1.807, 2.05) is 0 Å². The van der Waals surface area contributed by atoms with Crippen LogP contribution in [0.5, 0.6) is 11.5 Å². The van der Waals surface area contributed by atoms with Crippen LogP contribution in [0, 0.1) is 10.1 Å². The smallest absolute Gasteiger partial charge is 0.362 e. The minimum absolute atomic E-state index is 0.0543. The highest BCUT2D eigenvalue weighted by Gasteiger charge is 2.21. The lowest BCUT2D eigenvalue weighted by atomic mass is 10.1. The summed E-state index contributed by atoms with van der Waals surface area (Å²) in [6.07, 6.45) is 1.41. The molecule has 2 aromatic carbocycles. The molecule has 0 atom stereocenters. The van der Waals surface area contributed by atoms with Crippen LogP contribution in [0.1, 0.15) is 27.8 Å². The highest BCUT2D eigenvalue weighted by atomic mass is 16.6. The lowest BCUT2D eigenvalue weighted by molar-refractivity contribution is -0.384. The molecule has 0 radical (unpaired) electrons. The number of benzene rings is 2. The number of rotatable bonds is 9. The SMILES string of the molecule is CCOC(=O)c1nn(-c2ccc([N+](=O)[O-])cc2)cc1OCC(=O)c1ccc(OC)cc1. The summed E-state index contributed by atoms with van der Waals surface area (Å²) in [5.41, 5.74) is 0.694. The van der Waals surface area contributed by atoms with Crippen molar-refractivity contribution in [1.29, 1.82) is 0 Å². The number of methoxy groups -OCH3 is 1. The first-order chi connectivity index (χ1) is 14.9. The second kappa shape index (κ2) is 9.53. The van der Waals surface area contributed by atoms with Gasteiger partial charge in [-0.25, -0.2) is 9.48 Å². The van der Waals surface area contributed by atoms with E-state index in [-0.39, 0.29) is 36.1 Å². The van der Waals surface area contributed by atoms with E-state index >= 15 is 0 Å². The maximum atomic E-state index is 12.4. The molecule has 3 rings (SSSR count). The summed E-state index contributed by atoms with van der Waals surface area (Å²) in [6.45, 7) is 1.46. The lowest BCUT2D eigenvalue weighted by Gasteiger charge is -2.06. The molecule has 0 aliphatic heterocycles. The van der Waals surface area contributed by atoms with Crippen molar-refractivity contribution in [3.8, 4) is 17.2 Å². The van der Waals surface area contributed by atoms with Crippen LogP contribution in [-0.2, 0) is 4.74 Å². The first-order valence-electron chi connectivity index (χ1n) is 9.24. The Morgan fingerprint density at radius 1 is 1.10 bits per heavy atom. The standard InChI is InChI=1S/C21H19N3O7/c1-3-30-21(26)20-19(31-13-18(25)14-4-10-17(29-2)11-5-14)12-23(22-20)15-6-8-16(9-7-15)24(27)28/h4-12H,3,13H2,1-2H3. The van der Waals surface area contributed by atoms with Gasteiger partial charge < -0.3 is 14.2 Å². The molecule has 0 fully saturated rings. The molecule has 0 unspecified atom stereocenters. The zero-order chi connectivity index (χ0) is 22.4. The first kappa shape index (κ1) is 21.5. The summed E-state index contributed by atoms with van der Waals surface area (Å²) in [4.78, 5) is 35.0. The average molecular weight is 425 g/mol. The molecule has 0 amide bonds. The van der Waals surface area contributed by atoms with Gasteiger partial charge >= 0.3 is 5.97 Å². The summed E-state index contributed by atoms with van der Waals surface area (Å²) in [6, 6.07) is 12.1. The van der Waals surface area contributed by atoms with E-state index < -0.39 is 10.9 Å². The molecule has 0 aliphatic rings. The van der Waals surface area contributed by atoms with Crippen LogP contribution in [0.15, 0.2) is 54.7 Å². The average Bonchev–Trinajstić information content (AvgIpc) is 3.22. The Bertz CT molecular complexity index is 1090. The highest BCUT2D eigenvalue weighted by Crippen LogP contribution is 2.23. The Labute approximate surface area is 177 Å². The topological polar surface area (TPSA) is 123 Å². The quantitative estimate of drug-likeness (QED) is 0.222. The van der Waals surface area contributed by atoms with Crippen LogP contribution >= 0.6 is 0 Å². The Morgan fingerprint density at radius 2 is 1.77 bits per heavy atom. The fourth-order valence-electron chi connectivity index (χ4n) is 2.67. The van der Waals surface area contributed by atoms with Gasteiger partial charge in [0.1, 0.15) is 5.75 Å². The number of hydrogen-bond acceptors (Lipinski definition) is 8. The Morgan fingerprint density at radius 3 is 2.35 bits per heavy atom. The van der Waals surface area contributed by atoms with Gasteiger partial charge in [0, 0.05) is 17.7 Å². The number of nitro benzene ring substituents is 1. The number of non-ortho nitro benzene ring substituents is 1. The normalized spacial score (nSPS) is 10.4. The molecule has 0 saturated carbocycles. The molecule has 0 saturated heterocycles. The van der Waals surface area contributed by atoms with Crippen LogP contribution in [0.3, 0.4) is 0 Å². The third-order valence-electron chi connectivity index (χ3n) is 4.25. The molecule has 10 heteroatoms. The summed E-state index contributed by atoms with van der Waals surface area (Å²) in [5, 5.41) is 15.0. The van der Waals surface area contributed by atoms with Gasteiger partial charge in [-0.2, -0.15) is 5.10 Å². The van der Waals surface area contributed by atoms with E-state index in [2.05, 4.69) is 5.10 Å². The van der Waals surface area contributed by atoms with Gasteiger partial charge in [-0.1, -0.05) is 0 Å². The third-order valence-corrected chi connectivity index (χ3v) is 4.25. The number of carbonyl (C=O) groups excluding carboxylic acids is 2. The van der Waals surface area contributed by atoms with E-state index in [1.54, 1.807) is 31.2 Å². The predicted octanol–water partition coefficient (Wildman–Crippen LogP) is 3.23. The minimum Gasteiger partial charge on any atom is -0.497 e. The molecule has 0 N–H and O–H groups in total. The third kappa shape index (κ3) is 5.04. The van der Waals surface area contributed by atoms with E-state index in [0.29, 0.717) is 17.0 Å². The Kier molecular flexibility index (Phi) is 6.61. The van der Waals surface area contributed by atoms with E-state index in [0.717, 1.165) is 0 Å². The van der Waals surface area contributed by atoms with Crippen molar-refractivity contribution in [2.24, 2.45) is 0 Å². The molecule has 31 heavy (non-hydrogen) atoms. The summed E-state index contributed by atoms with van der Waals surface area (Å²) in [7, 11) is 1.53. The number of aromatic nitrogens is 2.